The second kappa shape index (κ2) is 7.69. The van der Waals surface area contributed by atoms with Crippen LogP contribution in [0.1, 0.15) is 28.8 Å². The van der Waals surface area contributed by atoms with E-state index in [0.29, 0.717) is 28.4 Å². The number of fused-ring (bicyclic) bond motifs is 2. The van der Waals surface area contributed by atoms with E-state index in [-0.39, 0.29) is 36.0 Å². The van der Waals surface area contributed by atoms with Crippen molar-refractivity contribution in [3.05, 3.63) is 47.5 Å². The van der Waals surface area contributed by atoms with E-state index in [1.165, 1.54) is 11.0 Å². The smallest absolute Gasteiger partial charge is 0.418 e. The van der Waals surface area contributed by atoms with Crippen molar-refractivity contribution in [1.29, 1.82) is 0 Å². The Labute approximate surface area is 179 Å². The first-order valence-corrected chi connectivity index (χ1v) is 10.5. The molecule has 0 saturated carbocycles. The molecule has 3 heterocycles. The van der Waals surface area contributed by atoms with Crippen molar-refractivity contribution in [2.75, 3.05) is 24.8 Å². The number of anilines is 1. The third-order valence-corrected chi connectivity index (χ3v) is 6.26. The highest BCUT2D eigenvalue weighted by atomic mass is 32.1. The molecule has 162 valence electrons. The lowest BCUT2D eigenvalue weighted by atomic mass is 10.1. The van der Waals surface area contributed by atoms with Crippen LogP contribution in [0.15, 0.2) is 36.4 Å². The molecule has 2 aromatic carbocycles. The summed E-state index contributed by atoms with van der Waals surface area (Å²) in [6.07, 6.45) is -3.10. The Bertz CT molecular complexity index is 1140. The molecule has 1 saturated heterocycles. The van der Waals surface area contributed by atoms with Gasteiger partial charge in [0.25, 0.3) is 5.91 Å². The minimum atomic E-state index is -4.54. The number of rotatable bonds is 4. The number of aromatic nitrogens is 1. The summed E-state index contributed by atoms with van der Waals surface area (Å²) < 4.78 is 57.0. The van der Waals surface area contributed by atoms with Crippen molar-refractivity contribution in [3.63, 3.8) is 0 Å². The van der Waals surface area contributed by atoms with E-state index in [9.17, 15) is 18.0 Å². The molecule has 2 aliphatic heterocycles. The van der Waals surface area contributed by atoms with Crippen molar-refractivity contribution in [2.24, 2.45) is 0 Å². The first-order valence-electron chi connectivity index (χ1n) is 9.70. The van der Waals surface area contributed by atoms with Gasteiger partial charge in [0, 0.05) is 12.2 Å². The molecule has 2 aliphatic rings. The number of carbonyl (C=O) groups excluding carboxylic acids is 1. The third kappa shape index (κ3) is 3.81. The van der Waals surface area contributed by atoms with Gasteiger partial charge in [-0.05, 0) is 43.2 Å². The van der Waals surface area contributed by atoms with Gasteiger partial charge in [-0.2, -0.15) is 13.2 Å². The average Bonchev–Trinajstić information content (AvgIpc) is 3.49. The number of thiazole rings is 1. The van der Waals surface area contributed by atoms with Gasteiger partial charge in [-0.25, -0.2) is 4.98 Å². The number of hydrogen-bond acceptors (Lipinski definition) is 6. The van der Waals surface area contributed by atoms with Crippen LogP contribution >= 0.6 is 11.3 Å². The summed E-state index contributed by atoms with van der Waals surface area (Å²) in [5, 5.41) is 0.199. The van der Waals surface area contributed by atoms with Crippen LogP contribution in [0.5, 0.6) is 11.5 Å². The molecule has 0 aliphatic carbocycles. The van der Waals surface area contributed by atoms with Crippen LogP contribution in [0.4, 0.5) is 18.3 Å². The Hall–Kier alpha value is -2.85. The maximum atomic E-state index is 13.4. The predicted molar refractivity (Wildman–Crippen MR) is 108 cm³/mol. The van der Waals surface area contributed by atoms with Crippen molar-refractivity contribution < 1.29 is 32.2 Å². The summed E-state index contributed by atoms with van der Waals surface area (Å²) in [5.41, 5.74) is -0.650. The number of ether oxygens (including phenoxy) is 3. The van der Waals surface area contributed by atoms with E-state index in [1.54, 1.807) is 24.3 Å². The molecule has 31 heavy (non-hydrogen) atoms. The quantitative estimate of drug-likeness (QED) is 0.568. The number of halogens is 3. The molecule has 6 nitrogen and oxygen atoms in total. The zero-order chi connectivity index (χ0) is 21.6. The largest absolute Gasteiger partial charge is 0.454 e. The van der Waals surface area contributed by atoms with Crippen molar-refractivity contribution >= 4 is 32.6 Å². The summed E-state index contributed by atoms with van der Waals surface area (Å²) in [7, 11) is 0. The Morgan fingerprint density at radius 3 is 2.81 bits per heavy atom. The number of para-hydroxylation sites is 1. The molecule has 1 fully saturated rings. The molecule has 0 radical (unpaired) electrons. The van der Waals surface area contributed by atoms with Gasteiger partial charge in [0.2, 0.25) is 6.79 Å². The maximum Gasteiger partial charge on any atom is 0.418 e. The van der Waals surface area contributed by atoms with Crippen molar-refractivity contribution in [3.8, 4) is 11.5 Å². The molecule has 0 spiro atoms. The van der Waals surface area contributed by atoms with E-state index in [0.717, 1.165) is 30.2 Å². The molecule has 0 bridgehead atoms. The Morgan fingerprint density at radius 2 is 2.03 bits per heavy atom. The van der Waals surface area contributed by atoms with Crippen LogP contribution in [-0.2, 0) is 10.9 Å². The van der Waals surface area contributed by atoms with Crippen LogP contribution in [-0.4, -0.2) is 36.9 Å². The van der Waals surface area contributed by atoms with E-state index >= 15 is 0 Å². The lowest BCUT2D eigenvalue weighted by Gasteiger charge is -2.23. The lowest BCUT2D eigenvalue weighted by molar-refractivity contribution is -0.136. The van der Waals surface area contributed by atoms with Crippen LogP contribution in [0, 0.1) is 0 Å². The van der Waals surface area contributed by atoms with Crippen LogP contribution in [0.3, 0.4) is 0 Å². The number of carbonyl (C=O) groups is 1. The molecule has 10 heteroatoms. The lowest BCUT2D eigenvalue weighted by Crippen LogP contribution is -2.37. The maximum absolute atomic E-state index is 13.4. The van der Waals surface area contributed by atoms with Gasteiger partial charge in [-0.15, -0.1) is 0 Å². The Morgan fingerprint density at radius 1 is 1.19 bits per heavy atom. The van der Waals surface area contributed by atoms with Crippen LogP contribution in [0.25, 0.3) is 10.2 Å². The first kappa shape index (κ1) is 20.1. The molecule has 0 N–H and O–H groups in total. The van der Waals surface area contributed by atoms with E-state index in [1.807, 2.05) is 0 Å². The number of nitrogens with zero attached hydrogens (tertiary/aromatic N) is 2. The molecule has 1 aromatic heterocycles. The van der Waals surface area contributed by atoms with Crippen molar-refractivity contribution in [1.82, 2.24) is 4.98 Å². The van der Waals surface area contributed by atoms with Crippen molar-refractivity contribution in [2.45, 2.75) is 25.1 Å². The van der Waals surface area contributed by atoms with Gasteiger partial charge in [0.05, 0.1) is 28.4 Å². The Balaban J connectivity index is 1.55. The molecular formula is C21H17F3N2O4S. The van der Waals surface area contributed by atoms with Crippen LogP contribution < -0.4 is 14.4 Å². The number of alkyl halides is 3. The third-order valence-electron chi connectivity index (χ3n) is 5.22. The fourth-order valence-electron chi connectivity index (χ4n) is 3.71. The minimum Gasteiger partial charge on any atom is -0.454 e. The number of hydrogen-bond donors (Lipinski definition) is 0. The summed E-state index contributed by atoms with van der Waals surface area (Å²) in [6.45, 7) is 0.869. The number of amides is 1. The molecule has 1 amide bonds. The second-order valence-corrected chi connectivity index (χ2v) is 8.27. The van der Waals surface area contributed by atoms with Gasteiger partial charge in [-0.1, -0.05) is 17.4 Å². The van der Waals surface area contributed by atoms with E-state index < -0.39 is 11.7 Å². The molecule has 3 aromatic rings. The second-order valence-electron chi connectivity index (χ2n) is 7.27. The topological polar surface area (TPSA) is 60.9 Å². The van der Waals surface area contributed by atoms with Gasteiger partial charge in [0.1, 0.15) is 0 Å². The number of benzene rings is 2. The normalized spacial score (nSPS) is 18.0. The molecule has 5 rings (SSSR count). The summed E-state index contributed by atoms with van der Waals surface area (Å²) >= 11 is 1.05. The summed E-state index contributed by atoms with van der Waals surface area (Å²) in [5.74, 6) is 0.602. The highest BCUT2D eigenvalue weighted by Gasteiger charge is 2.35. The minimum absolute atomic E-state index is 0.0741. The standard InChI is InChI=1S/C21H17F3N2O4S/c22-21(23,24)14-4-1-5-17-18(14)25-20(31-17)26(10-13-3-2-8-28-13)19(27)12-6-7-15-16(9-12)30-11-29-15/h1,4-7,9,13H,2-3,8,10-11H2/t13-/m0/s1. The highest BCUT2D eigenvalue weighted by Crippen LogP contribution is 2.39. The van der Waals surface area contributed by atoms with Crippen LogP contribution in [0.2, 0.25) is 0 Å². The SMILES string of the molecule is O=C(c1ccc2c(c1)OCO2)N(C[C@@H]1CCCO1)c1nc2c(C(F)(F)F)cccc2s1. The molecule has 1 atom stereocenters. The predicted octanol–water partition coefficient (Wildman–Crippen LogP) is 4.87. The van der Waals surface area contributed by atoms with Gasteiger partial charge >= 0.3 is 6.18 Å². The zero-order valence-electron chi connectivity index (χ0n) is 16.1. The van der Waals surface area contributed by atoms with Gasteiger partial charge in [-0.3, -0.25) is 9.69 Å². The van der Waals surface area contributed by atoms with E-state index in [2.05, 4.69) is 4.98 Å². The summed E-state index contributed by atoms with van der Waals surface area (Å²) in [6, 6.07) is 8.72. The monoisotopic (exact) mass is 450 g/mol. The fourth-order valence-corrected chi connectivity index (χ4v) is 4.71. The molecular weight excluding hydrogens is 433 g/mol. The molecule has 0 unspecified atom stereocenters. The van der Waals surface area contributed by atoms with E-state index in [4.69, 9.17) is 14.2 Å². The zero-order valence-corrected chi connectivity index (χ0v) is 17.0. The fraction of sp³-hybridized carbons (Fsp3) is 0.333. The summed E-state index contributed by atoms with van der Waals surface area (Å²) in [4.78, 5) is 19.0. The Kier molecular flexibility index (Phi) is 4.98. The van der Waals surface area contributed by atoms with Gasteiger partial charge < -0.3 is 14.2 Å². The first-order chi connectivity index (χ1) is 14.9. The average molecular weight is 450 g/mol. The highest BCUT2D eigenvalue weighted by molar-refractivity contribution is 7.22. The van der Waals surface area contributed by atoms with Gasteiger partial charge in [0.15, 0.2) is 16.6 Å².